The fraction of sp³-hybridized carbons (Fsp3) is 0.278. The van der Waals surface area contributed by atoms with E-state index in [2.05, 4.69) is 43.4 Å². The zero-order valence-electron chi connectivity index (χ0n) is 12.4. The van der Waals surface area contributed by atoms with Crippen LogP contribution in [0.3, 0.4) is 0 Å². The first-order valence-electron chi connectivity index (χ1n) is 7.19. The minimum absolute atomic E-state index is 0.0322. The Morgan fingerprint density at radius 2 is 1.71 bits per heavy atom. The van der Waals surface area contributed by atoms with E-state index in [0.29, 0.717) is 11.4 Å². The summed E-state index contributed by atoms with van der Waals surface area (Å²) in [5.74, 6) is 0.0322. The molecule has 0 fully saturated rings. The number of halogens is 1. The average molecular weight is 302 g/mol. The van der Waals surface area contributed by atoms with Gasteiger partial charge in [-0.2, -0.15) is 0 Å². The van der Waals surface area contributed by atoms with Crippen molar-refractivity contribution in [1.29, 1.82) is 0 Å². The predicted octanol–water partition coefficient (Wildman–Crippen LogP) is 4.46. The van der Waals surface area contributed by atoms with Crippen LogP contribution in [0.2, 0.25) is 5.02 Å². The number of carbonyl (C=O) groups excluding carboxylic acids is 1. The lowest BCUT2D eigenvalue weighted by Crippen LogP contribution is -2.29. The largest absolute Gasteiger partial charge is 0.349 e. The van der Waals surface area contributed by atoms with Gasteiger partial charge < -0.3 is 5.32 Å². The van der Waals surface area contributed by atoms with Crippen LogP contribution in [0.15, 0.2) is 48.5 Å². The monoisotopic (exact) mass is 301 g/mol. The number of carbonyl (C=O) groups is 1. The van der Waals surface area contributed by atoms with E-state index >= 15 is 0 Å². The Labute approximate surface area is 131 Å². The Morgan fingerprint density at radius 3 is 2.29 bits per heavy atom. The number of hydrogen-bond donors (Lipinski definition) is 1. The van der Waals surface area contributed by atoms with Gasteiger partial charge >= 0.3 is 0 Å². The molecule has 1 amide bonds. The summed E-state index contributed by atoms with van der Waals surface area (Å²) in [5, 5.41) is 3.78. The van der Waals surface area contributed by atoms with E-state index in [9.17, 15) is 4.79 Å². The second kappa shape index (κ2) is 7.28. The van der Waals surface area contributed by atoms with Gasteiger partial charge in [0, 0.05) is 5.02 Å². The average Bonchev–Trinajstić information content (AvgIpc) is 2.48. The molecule has 0 unspecified atom stereocenters. The SMILES string of the molecule is CC[C@@H](NC(=O)Cc1ccc(Cl)cc1)c1ccc(C)cc1. The normalized spacial score (nSPS) is 12.0. The summed E-state index contributed by atoms with van der Waals surface area (Å²) in [7, 11) is 0. The lowest BCUT2D eigenvalue weighted by molar-refractivity contribution is -0.121. The van der Waals surface area contributed by atoms with Crippen molar-refractivity contribution in [2.24, 2.45) is 0 Å². The van der Waals surface area contributed by atoms with Gasteiger partial charge in [0.2, 0.25) is 5.91 Å². The molecule has 2 rings (SSSR count). The molecule has 2 aromatic carbocycles. The fourth-order valence-corrected chi connectivity index (χ4v) is 2.38. The second-order valence-corrected chi connectivity index (χ2v) is 5.68. The molecule has 0 bridgehead atoms. The molecule has 2 nitrogen and oxygen atoms in total. The van der Waals surface area contributed by atoms with Crippen molar-refractivity contribution in [2.75, 3.05) is 0 Å². The molecule has 0 heterocycles. The smallest absolute Gasteiger partial charge is 0.224 e. The minimum atomic E-state index is 0.0322. The molecule has 0 saturated heterocycles. The van der Waals surface area contributed by atoms with E-state index in [4.69, 9.17) is 11.6 Å². The van der Waals surface area contributed by atoms with Crippen molar-refractivity contribution in [3.05, 3.63) is 70.2 Å². The first kappa shape index (κ1) is 15.6. The zero-order chi connectivity index (χ0) is 15.2. The second-order valence-electron chi connectivity index (χ2n) is 5.24. The quantitative estimate of drug-likeness (QED) is 0.868. The third kappa shape index (κ3) is 4.61. The predicted molar refractivity (Wildman–Crippen MR) is 87.5 cm³/mol. The van der Waals surface area contributed by atoms with Crippen LogP contribution in [0.5, 0.6) is 0 Å². The van der Waals surface area contributed by atoms with Crippen molar-refractivity contribution in [1.82, 2.24) is 5.32 Å². The van der Waals surface area contributed by atoms with Gasteiger partial charge in [-0.25, -0.2) is 0 Å². The van der Waals surface area contributed by atoms with Gasteiger partial charge in [0.05, 0.1) is 12.5 Å². The van der Waals surface area contributed by atoms with Crippen molar-refractivity contribution in [3.63, 3.8) is 0 Å². The third-order valence-corrected chi connectivity index (χ3v) is 3.75. The molecule has 21 heavy (non-hydrogen) atoms. The molecule has 0 radical (unpaired) electrons. The van der Waals surface area contributed by atoms with E-state index in [0.717, 1.165) is 17.5 Å². The lowest BCUT2D eigenvalue weighted by Gasteiger charge is -2.18. The van der Waals surface area contributed by atoms with Crippen LogP contribution in [0.1, 0.15) is 36.1 Å². The van der Waals surface area contributed by atoms with Gasteiger partial charge in [0.25, 0.3) is 0 Å². The van der Waals surface area contributed by atoms with Crippen LogP contribution >= 0.6 is 11.6 Å². The van der Waals surface area contributed by atoms with Gasteiger partial charge in [-0.05, 0) is 36.6 Å². The molecule has 3 heteroatoms. The topological polar surface area (TPSA) is 29.1 Å². The standard InChI is InChI=1S/C18H20ClNO/c1-3-17(15-8-4-13(2)5-9-15)20-18(21)12-14-6-10-16(19)11-7-14/h4-11,17H,3,12H2,1-2H3,(H,20,21)/t17-/m1/s1. The molecule has 0 saturated carbocycles. The summed E-state index contributed by atoms with van der Waals surface area (Å²) in [6.07, 6.45) is 1.24. The number of rotatable bonds is 5. The Morgan fingerprint density at radius 1 is 1.10 bits per heavy atom. The van der Waals surface area contributed by atoms with E-state index < -0.39 is 0 Å². The Balaban J connectivity index is 1.99. The zero-order valence-corrected chi connectivity index (χ0v) is 13.2. The van der Waals surface area contributed by atoms with Crippen molar-refractivity contribution >= 4 is 17.5 Å². The van der Waals surface area contributed by atoms with Crippen molar-refractivity contribution in [2.45, 2.75) is 32.7 Å². The molecule has 0 aliphatic heterocycles. The highest BCUT2D eigenvalue weighted by molar-refractivity contribution is 6.30. The Kier molecular flexibility index (Phi) is 5.40. The van der Waals surface area contributed by atoms with Crippen LogP contribution in [-0.4, -0.2) is 5.91 Å². The first-order valence-corrected chi connectivity index (χ1v) is 7.56. The van der Waals surface area contributed by atoms with Crippen LogP contribution in [0.25, 0.3) is 0 Å². The summed E-state index contributed by atoms with van der Waals surface area (Å²) in [5.41, 5.74) is 3.34. The van der Waals surface area contributed by atoms with Gasteiger partial charge in [0.15, 0.2) is 0 Å². The maximum Gasteiger partial charge on any atom is 0.224 e. The van der Waals surface area contributed by atoms with Gasteiger partial charge in [-0.15, -0.1) is 0 Å². The third-order valence-electron chi connectivity index (χ3n) is 3.50. The number of amides is 1. The van der Waals surface area contributed by atoms with Crippen LogP contribution in [0, 0.1) is 6.92 Å². The van der Waals surface area contributed by atoms with E-state index in [1.54, 1.807) is 12.1 Å². The summed E-state index contributed by atoms with van der Waals surface area (Å²) in [6, 6.07) is 15.7. The molecule has 0 aromatic heterocycles. The van der Waals surface area contributed by atoms with E-state index in [1.807, 2.05) is 12.1 Å². The summed E-state index contributed by atoms with van der Waals surface area (Å²) in [4.78, 5) is 12.2. The maximum atomic E-state index is 12.2. The summed E-state index contributed by atoms with van der Waals surface area (Å²) < 4.78 is 0. The van der Waals surface area contributed by atoms with Crippen LogP contribution in [0.4, 0.5) is 0 Å². The Bertz CT molecular complexity index is 590. The molecular formula is C18H20ClNO. The number of aryl methyl sites for hydroxylation is 1. The first-order chi connectivity index (χ1) is 10.1. The van der Waals surface area contributed by atoms with Crippen LogP contribution in [-0.2, 0) is 11.2 Å². The number of nitrogens with one attached hydrogen (secondary N) is 1. The van der Waals surface area contributed by atoms with E-state index in [-0.39, 0.29) is 11.9 Å². The van der Waals surface area contributed by atoms with Gasteiger partial charge in [-0.3, -0.25) is 4.79 Å². The highest BCUT2D eigenvalue weighted by Gasteiger charge is 2.12. The van der Waals surface area contributed by atoms with Gasteiger partial charge in [0.1, 0.15) is 0 Å². The summed E-state index contributed by atoms with van der Waals surface area (Å²) in [6.45, 7) is 4.14. The minimum Gasteiger partial charge on any atom is -0.349 e. The molecular weight excluding hydrogens is 282 g/mol. The fourth-order valence-electron chi connectivity index (χ4n) is 2.25. The number of hydrogen-bond acceptors (Lipinski definition) is 1. The van der Waals surface area contributed by atoms with E-state index in [1.165, 1.54) is 5.56 Å². The number of benzene rings is 2. The Hall–Kier alpha value is -1.80. The molecule has 0 aliphatic carbocycles. The molecule has 1 atom stereocenters. The van der Waals surface area contributed by atoms with Crippen molar-refractivity contribution in [3.8, 4) is 0 Å². The molecule has 0 spiro atoms. The summed E-state index contributed by atoms with van der Waals surface area (Å²) >= 11 is 5.85. The lowest BCUT2D eigenvalue weighted by atomic mass is 10.0. The maximum absolute atomic E-state index is 12.2. The molecule has 110 valence electrons. The highest BCUT2D eigenvalue weighted by atomic mass is 35.5. The molecule has 0 aliphatic rings. The molecule has 2 aromatic rings. The highest BCUT2D eigenvalue weighted by Crippen LogP contribution is 2.17. The molecule has 1 N–H and O–H groups in total. The van der Waals surface area contributed by atoms with Gasteiger partial charge in [-0.1, -0.05) is 60.5 Å². The van der Waals surface area contributed by atoms with Crippen molar-refractivity contribution < 1.29 is 4.79 Å². The van der Waals surface area contributed by atoms with Crippen LogP contribution < -0.4 is 5.32 Å².